The second-order valence-electron chi connectivity index (χ2n) is 4.33. The zero-order valence-corrected chi connectivity index (χ0v) is 10.3. The van der Waals surface area contributed by atoms with Gasteiger partial charge in [-0.2, -0.15) is 0 Å². The Bertz CT molecular complexity index is 625. The minimum Gasteiger partial charge on any atom is -0.370 e. The molecule has 1 unspecified atom stereocenters. The number of amides is 2. The fourth-order valence-electron chi connectivity index (χ4n) is 1.81. The van der Waals surface area contributed by atoms with Gasteiger partial charge in [0.1, 0.15) is 0 Å². The molecule has 2 aromatic carbocycles. The van der Waals surface area contributed by atoms with Gasteiger partial charge >= 0.3 is 0 Å². The third-order valence-corrected chi connectivity index (χ3v) is 2.77. The van der Waals surface area contributed by atoms with Crippen LogP contribution in [-0.4, -0.2) is 17.9 Å². The average Bonchev–Trinajstić information content (AvgIpc) is 2.37. The maximum absolute atomic E-state index is 11.7. The number of fused-ring (bicyclic) bond motifs is 1. The molecule has 19 heavy (non-hydrogen) atoms. The maximum Gasteiger partial charge on any atom is 0.241 e. The lowest BCUT2D eigenvalue weighted by molar-refractivity contribution is -0.123. The molecule has 5 heteroatoms. The number of benzene rings is 2. The third-order valence-electron chi connectivity index (χ3n) is 2.77. The Labute approximate surface area is 110 Å². The van der Waals surface area contributed by atoms with Gasteiger partial charge in [0.2, 0.25) is 11.8 Å². The zero-order valence-electron chi connectivity index (χ0n) is 10.3. The van der Waals surface area contributed by atoms with Crippen LogP contribution in [0.3, 0.4) is 0 Å². The lowest BCUT2D eigenvalue weighted by Gasteiger charge is -2.11. The highest BCUT2D eigenvalue weighted by molar-refractivity contribution is 5.98. The van der Waals surface area contributed by atoms with Crippen molar-refractivity contribution < 1.29 is 9.59 Å². The Morgan fingerprint density at radius 1 is 1.11 bits per heavy atom. The fraction of sp³-hybridized carbons (Fsp3) is 0.143. The average molecular weight is 257 g/mol. The van der Waals surface area contributed by atoms with Gasteiger partial charge in [-0.05, 0) is 22.9 Å². The van der Waals surface area contributed by atoms with E-state index in [0.29, 0.717) is 5.69 Å². The second kappa shape index (κ2) is 5.49. The van der Waals surface area contributed by atoms with Crippen LogP contribution in [0.25, 0.3) is 10.8 Å². The number of carbonyl (C=O) groups excluding carboxylic acids is 2. The zero-order chi connectivity index (χ0) is 13.8. The molecule has 0 aromatic heterocycles. The molecule has 0 heterocycles. The third kappa shape index (κ3) is 3.29. The van der Waals surface area contributed by atoms with Crippen LogP contribution in [0, 0.1) is 0 Å². The van der Waals surface area contributed by atoms with Gasteiger partial charge in [0.05, 0.1) is 12.5 Å². The Morgan fingerprint density at radius 2 is 1.79 bits per heavy atom. The summed E-state index contributed by atoms with van der Waals surface area (Å²) >= 11 is 0. The predicted octanol–water partition coefficient (Wildman–Crippen LogP) is 0.981. The van der Waals surface area contributed by atoms with Crippen molar-refractivity contribution in [3.63, 3.8) is 0 Å². The number of primary amides is 1. The van der Waals surface area contributed by atoms with Crippen LogP contribution in [0.2, 0.25) is 0 Å². The van der Waals surface area contributed by atoms with Crippen molar-refractivity contribution in [1.29, 1.82) is 0 Å². The summed E-state index contributed by atoms with van der Waals surface area (Å²) in [5.74, 6) is -1.02. The van der Waals surface area contributed by atoms with Crippen LogP contribution in [-0.2, 0) is 9.59 Å². The lowest BCUT2D eigenvalue weighted by Crippen LogP contribution is -2.38. The van der Waals surface area contributed by atoms with E-state index in [9.17, 15) is 9.59 Å². The van der Waals surface area contributed by atoms with Crippen molar-refractivity contribution in [2.75, 3.05) is 5.32 Å². The molecule has 5 N–H and O–H groups in total. The summed E-state index contributed by atoms with van der Waals surface area (Å²) in [7, 11) is 0. The molecule has 5 nitrogen and oxygen atoms in total. The number of hydrogen-bond acceptors (Lipinski definition) is 3. The molecule has 0 radical (unpaired) electrons. The van der Waals surface area contributed by atoms with Gasteiger partial charge in [-0.1, -0.05) is 30.3 Å². The molecular formula is C14H15N3O2. The minimum atomic E-state index is -0.927. The van der Waals surface area contributed by atoms with E-state index in [2.05, 4.69) is 5.32 Å². The molecule has 0 bridgehead atoms. The van der Waals surface area contributed by atoms with Crippen molar-refractivity contribution in [3.8, 4) is 0 Å². The quantitative estimate of drug-likeness (QED) is 0.761. The van der Waals surface area contributed by atoms with Gasteiger partial charge in [0.15, 0.2) is 0 Å². The van der Waals surface area contributed by atoms with E-state index < -0.39 is 17.9 Å². The fourth-order valence-corrected chi connectivity index (χ4v) is 1.81. The monoisotopic (exact) mass is 257 g/mol. The first kappa shape index (κ1) is 13.0. The van der Waals surface area contributed by atoms with Crippen LogP contribution in [0.5, 0.6) is 0 Å². The molecule has 0 fully saturated rings. The summed E-state index contributed by atoms with van der Waals surface area (Å²) in [5.41, 5.74) is 11.2. The second-order valence-corrected chi connectivity index (χ2v) is 4.33. The first-order valence-corrected chi connectivity index (χ1v) is 5.90. The number of anilines is 1. The lowest BCUT2D eigenvalue weighted by atomic mass is 10.1. The SMILES string of the molecule is NC(=O)CC(N)C(=O)Nc1ccc2ccccc2c1. The molecule has 98 valence electrons. The number of rotatable bonds is 4. The van der Waals surface area contributed by atoms with E-state index in [1.807, 2.05) is 36.4 Å². The molecule has 0 aliphatic rings. The van der Waals surface area contributed by atoms with Crippen LogP contribution in [0.4, 0.5) is 5.69 Å². The Hall–Kier alpha value is -2.40. The van der Waals surface area contributed by atoms with Gasteiger partial charge < -0.3 is 16.8 Å². The summed E-state index contributed by atoms with van der Waals surface area (Å²) in [6, 6.07) is 12.4. The summed E-state index contributed by atoms with van der Waals surface area (Å²) in [6.45, 7) is 0. The normalized spacial score (nSPS) is 12.1. The van der Waals surface area contributed by atoms with Crippen LogP contribution in [0.1, 0.15) is 6.42 Å². The van der Waals surface area contributed by atoms with E-state index in [0.717, 1.165) is 10.8 Å². The highest BCUT2D eigenvalue weighted by Crippen LogP contribution is 2.18. The van der Waals surface area contributed by atoms with Crippen LogP contribution >= 0.6 is 0 Å². The molecule has 0 aliphatic heterocycles. The van der Waals surface area contributed by atoms with E-state index in [1.165, 1.54) is 0 Å². The van der Waals surface area contributed by atoms with Crippen molar-refractivity contribution >= 4 is 28.3 Å². The maximum atomic E-state index is 11.7. The van der Waals surface area contributed by atoms with Crippen molar-refractivity contribution in [2.24, 2.45) is 11.5 Å². The molecule has 2 aromatic rings. The Kier molecular flexibility index (Phi) is 3.77. The molecule has 1 atom stereocenters. The van der Waals surface area contributed by atoms with E-state index in [-0.39, 0.29) is 6.42 Å². The molecular weight excluding hydrogens is 242 g/mol. The van der Waals surface area contributed by atoms with Gasteiger partial charge in [0, 0.05) is 5.69 Å². The van der Waals surface area contributed by atoms with Crippen molar-refractivity contribution in [2.45, 2.75) is 12.5 Å². The number of nitrogens with one attached hydrogen (secondary N) is 1. The van der Waals surface area contributed by atoms with Gasteiger partial charge in [-0.25, -0.2) is 0 Å². The largest absolute Gasteiger partial charge is 0.370 e. The smallest absolute Gasteiger partial charge is 0.241 e. The highest BCUT2D eigenvalue weighted by Gasteiger charge is 2.15. The van der Waals surface area contributed by atoms with E-state index >= 15 is 0 Å². The summed E-state index contributed by atoms with van der Waals surface area (Å²) < 4.78 is 0. The topological polar surface area (TPSA) is 98.2 Å². The van der Waals surface area contributed by atoms with Gasteiger partial charge in [-0.3, -0.25) is 9.59 Å². The van der Waals surface area contributed by atoms with Crippen molar-refractivity contribution in [1.82, 2.24) is 0 Å². The molecule has 2 amide bonds. The Balaban J connectivity index is 2.12. The van der Waals surface area contributed by atoms with Gasteiger partial charge in [0.25, 0.3) is 0 Å². The molecule has 0 saturated heterocycles. The Morgan fingerprint density at radius 3 is 2.47 bits per heavy atom. The van der Waals surface area contributed by atoms with Crippen LogP contribution in [0.15, 0.2) is 42.5 Å². The molecule has 0 saturated carbocycles. The first-order valence-electron chi connectivity index (χ1n) is 5.90. The summed E-state index contributed by atoms with van der Waals surface area (Å²) in [6.07, 6.45) is -0.167. The van der Waals surface area contributed by atoms with E-state index in [1.54, 1.807) is 6.07 Å². The summed E-state index contributed by atoms with van der Waals surface area (Å²) in [4.78, 5) is 22.4. The minimum absolute atomic E-state index is 0.167. The van der Waals surface area contributed by atoms with E-state index in [4.69, 9.17) is 11.5 Å². The number of carbonyl (C=O) groups is 2. The van der Waals surface area contributed by atoms with Crippen molar-refractivity contribution in [3.05, 3.63) is 42.5 Å². The predicted molar refractivity (Wildman–Crippen MR) is 74.4 cm³/mol. The van der Waals surface area contributed by atoms with Crippen LogP contribution < -0.4 is 16.8 Å². The highest BCUT2D eigenvalue weighted by atomic mass is 16.2. The molecule has 0 spiro atoms. The number of hydrogen-bond donors (Lipinski definition) is 3. The first-order chi connectivity index (χ1) is 9.06. The van der Waals surface area contributed by atoms with Gasteiger partial charge in [-0.15, -0.1) is 0 Å². The standard InChI is InChI=1S/C14H15N3O2/c15-12(8-13(16)18)14(19)17-11-6-5-9-3-1-2-4-10(9)7-11/h1-7,12H,8,15H2,(H2,16,18)(H,17,19). The summed E-state index contributed by atoms with van der Waals surface area (Å²) in [5, 5.41) is 4.77. The number of nitrogens with two attached hydrogens (primary N) is 2. The molecule has 2 rings (SSSR count). The molecule has 0 aliphatic carbocycles.